The Morgan fingerprint density at radius 1 is 1.00 bits per heavy atom. The Bertz CT molecular complexity index is 992. The van der Waals surface area contributed by atoms with E-state index >= 15 is 0 Å². The number of benzene rings is 2. The quantitative estimate of drug-likeness (QED) is 0.664. The summed E-state index contributed by atoms with van der Waals surface area (Å²) in [6, 6.07) is 11.3. The predicted octanol–water partition coefficient (Wildman–Crippen LogP) is 2.91. The first kappa shape index (κ1) is 21.7. The molecule has 0 bridgehead atoms. The van der Waals surface area contributed by atoms with Crippen LogP contribution in [0.1, 0.15) is 0 Å². The van der Waals surface area contributed by atoms with Gasteiger partial charge in [0, 0.05) is 26.2 Å². The fraction of sp³-hybridized carbons (Fsp3) is 0.316. The Labute approximate surface area is 179 Å². The summed E-state index contributed by atoms with van der Waals surface area (Å²) in [6.45, 7) is 0.759. The van der Waals surface area contributed by atoms with Crippen LogP contribution in [-0.4, -0.2) is 63.4 Å². The lowest BCUT2D eigenvalue weighted by Gasteiger charge is -2.34. The molecule has 10 heteroatoms. The Morgan fingerprint density at radius 2 is 1.66 bits per heavy atom. The monoisotopic (exact) mass is 458 g/mol. The standard InChI is InChI=1S/C19H20Cl2N2O5S/c1-27-17-4-2-3-5-18(17)28-13-19(24)22-8-10-23(11-9-22)29(25,26)14-6-7-15(20)16(21)12-14/h2-7,12H,8-11,13H2,1H3. The lowest BCUT2D eigenvalue weighted by Crippen LogP contribution is -2.51. The number of rotatable bonds is 6. The number of piperazine rings is 1. The second kappa shape index (κ2) is 9.21. The normalized spacial score (nSPS) is 15.2. The van der Waals surface area contributed by atoms with Crippen LogP contribution in [0.5, 0.6) is 11.5 Å². The topological polar surface area (TPSA) is 76.2 Å². The number of hydrogen-bond acceptors (Lipinski definition) is 5. The van der Waals surface area contributed by atoms with Gasteiger partial charge in [-0.3, -0.25) is 4.79 Å². The van der Waals surface area contributed by atoms with E-state index in [1.54, 1.807) is 29.2 Å². The molecule has 0 spiro atoms. The van der Waals surface area contributed by atoms with Crippen molar-refractivity contribution in [1.82, 2.24) is 9.21 Å². The van der Waals surface area contributed by atoms with Crippen molar-refractivity contribution in [2.75, 3.05) is 39.9 Å². The molecule has 0 aliphatic carbocycles. The van der Waals surface area contributed by atoms with E-state index in [0.29, 0.717) is 11.5 Å². The molecule has 0 saturated carbocycles. The van der Waals surface area contributed by atoms with Crippen molar-refractivity contribution in [1.29, 1.82) is 0 Å². The van der Waals surface area contributed by atoms with Crippen LogP contribution in [-0.2, 0) is 14.8 Å². The molecule has 1 heterocycles. The third kappa shape index (κ3) is 4.95. The molecule has 29 heavy (non-hydrogen) atoms. The van der Waals surface area contributed by atoms with Crippen LogP contribution in [0.3, 0.4) is 0 Å². The molecule has 1 aliphatic rings. The van der Waals surface area contributed by atoms with E-state index in [0.717, 1.165) is 0 Å². The molecule has 1 aliphatic heterocycles. The van der Waals surface area contributed by atoms with Crippen molar-refractivity contribution in [2.45, 2.75) is 4.90 Å². The van der Waals surface area contributed by atoms with Gasteiger partial charge in [-0.25, -0.2) is 8.42 Å². The van der Waals surface area contributed by atoms with Crippen molar-refractivity contribution >= 4 is 39.1 Å². The van der Waals surface area contributed by atoms with E-state index in [4.69, 9.17) is 32.7 Å². The van der Waals surface area contributed by atoms with Gasteiger partial charge in [0.15, 0.2) is 18.1 Å². The zero-order valence-corrected chi connectivity index (χ0v) is 18.0. The van der Waals surface area contributed by atoms with Gasteiger partial charge in [-0.15, -0.1) is 0 Å². The average molecular weight is 459 g/mol. The molecule has 1 fully saturated rings. The molecular weight excluding hydrogens is 439 g/mol. The zero-order valence-electron chi connectivity index (χ0n) is 15.7. The number of hydrogen-bond donors (Lipinski definition) is 0. The highest BCUT2D eigenvalue weighted by atomic mass is 35.5. The molecule has 2 aromatic rings. The number of methoxy groups -OCH3 is 1. The Morgan fingerprint density at radius 3 is 2.28 bits per heavy atom. The lowest BCUT2D eigenvalue weighted by atomic mass is 10.3. The molecule has 7 nitrogen and oxygen atoms in total. The second-order valence-corrected chi connectivity index (χ2v) is 9.05. The molecule has 0 aromatic heterocycles. The zero-order chi connectivity index (χ0) is 21.0. The molecule has 156 valence electrons. The summed E-state index contributed by atoms with van der Waals surface area (Å²) < 4.78 is 37.7. The highest BCUT2D eigenvalue weighted by Gasteiger charge is 2.30. The molecule has 1 saturated heterocycles. The maximum absolute atomic E-state index is 12.8. The maximum Gasteiger partial charge on any atom is 0.260 e. The van der Waals surface area contributed by atoms with Gasteiger partial charge in [0.25, 0.3) is 5.91 Å². The van der Waals surface area contributed by atoms with E-state index in [9.17, 15) is 13.2 Å². The van der Waals surface area contributed by atoms with Gasteiger partial charge >= 0.3 is 0 Å². The average Bonchev–Trinajstić information content (AvgIpc) is 2.74. The molecule has 1 amide bonds. The fourth-order valence-corrected chi connectivity index (χ4v) is 4.74. The highest BCUT2D eigenvalue weighted by Crippen LogP contribution is 2.27. The SMILES string of the molecule is COc1ccccc1OCC(=O)N1CCN(S(=O)(=O)c2ccc(Cl)c(Cl)c2)CC1. The van der Waals surface area contributed by atoms with Gasteiger partial charge in [0.2, 0.25) is 10.0 Å². The van der Waals surface area contributed by atoms with Gasteiger partial charge < -0.3 is 14.4 Å². The van der Waals surface area contributed by atoms with Crippen molar-refractivity contribution < 1.29 is 22.7 Å². The van der Waals surface area contributed by atoms with Crippen LogP contribution in [0, 0.1) is 0 Å². The summed E-state index contributed by atoms with van der Waals surface area (Å²) in [5.74, 6) is 0.796. The van der Waals surface area contributed by atoms with E-state index in [1.165, 1.54) is 29.6 Å². The molecule has 0 N–H and O–H groups in total. The van der Waals surface area contributed by atoms with Crippen molar-refractivity contribution in [3.8, 4) is 11.5 Å². The third-order valence-corrected chi connectivity index (χ3v) is 7.17. The minimum Gasteiger partial charge on any atom is -0.493 e. The van der Waals surface area contributed by atoms with Crippen LogP contribution in [0.25, 0.3) is 0 Å². The van der Waals surface area contributed by atoms with Gasteiger partial charge in [0.05, 0.1) is 22.1 Å². The molecular formula is C19H20Cl2N2O5S. The van der Waals surface area contributed by atoms with E-state index in [-0.39, 0.29) is 53.6 Å². The number of nitrogens with zero attached hydrogens (tertiary/aromatic N) is 2. The van der Waals surface area contributed by atoms with Crippen LogP contribution in [0.15, 0.2) is 47.4 Å². The van der Waals surface area contributed by atoms with Gasteiger partial charge in [-0.2, -0.15) is 4.31 Å². The predicted molar refractivity (Wildman–Crippen MR) is 110 cm³/mol. The lowest BCUT2D eigenvalue weighted by molar-refractivity contribution is -0.134. The van der Waals surface area contributed by atoms with E-state index < -0.39 is 10.0 Å². The Hall–Kier alpha value is -2.00. The van der Waals surface area contributed by atoms with Crippen molar-refractivity contribution in [2.24, 2.45) is 0 Å². The number of amides is 1. The first-order valence-electron chi connectivity index (χ1n) is 8.81. The first-order valence-corrected chi connectivity index (χ1v) is 11.0. The first-order chi connectivity index (χ1) is 13.8. The van der Waals surface area contributed by atoms with Gasteiger partial charge in [-0.1, -0.05) is 35.3 Å². The summed E-state index contributed by atoms with van der Waals surface area (Å²) in [5, 5.41) is 0.464. The maximum atomic E-state index is 12.8. The smallest absolute Gasteiger partial charge is 0.260 e. The van der Waals surface area contributed by atoms with E-state index in [2.05, 4.69) is 0 Å². The number of carbonyl (C=O) groups is 1. The van der Waals surface area contributed by atoms with Gasteiger partial charge in [-0.05, 0) is 30.3 Å². The number of halogens is 2. The number of carbonyl (C=O) groups excluding carboxylic acids is 1. The second-order valence-electron chi connectivity index (χ2n) is 6.30. The summed E-state index contributed by atoms with van der Waals surface area (Å²) >= 11 is 11.8. The number of para-hydroxylation sites is 2. The Kier molecular flexibility index (Phi) is 6.89. The summed E-state index contributed by atoms with van der Waals surface area (Å²) in [5.41, 5.74) is 0. The van der Waals surface area contributed by atoms with Crippen molar-refractivity contribution in [3.63, 3.8) is 0 Å². The van der Waals surface area contributed by atoms with Crippen molar-refractivity contribution in [3.05, 3.63) is 52.5 Å². The molecule has 3 rings (SSSR count). The number of sulfonamides is 1. The molecule has 0 radical (unpaired) electrons. The molecule has 2 aromatic carbocycles. The van der Waals surface area contributed by atoms with Crippen LogP contribution >= 0.6 is 23.2 Å². The summed E-state index contributed by atoms with van der Waals surface area (Å²) in [7, 11) is -2.18. The molecule has 0 unspecified atom stereocenters. The van der Waals surface area contributed by atoms with Crippen LogP contribution in [0.2, 0.25) is 10.0 Å². The summed E-state index contributed by atoms with van der Waals surface area (Å²) in [4.78, 5) is 14.1. The minimum absolute atomic E-state index is 0.0752. The fourth-order valence-electron chi connectivity index (χ4n) is 2.93. The Balaban J connectivity index is 1.58. The third-order valence-electron chi connectivity index (χ3n) is 4.54. The van der Waals surface area contributed by atoms with E-state index in [1.807, 2.05) is 0 Å². The molecule has 0 atom stereocenters. The van der Waals surface area contributed by atoms with Crippen LogP contribution in [0.4, 0.5) is 0 Å². The minimum atomic E-state index is -3.71. The highest BCUT2D eigenvalue weighted by molar-refractivity contribution is 7.89. The van der Waals surface area contributed by atoms with Gasteiger partial charge in [0.1, 0.15) is 0 Å². The van der Waals surface area contributed by atoms with Crippen LogP contribution < -0.4 is 9.47 Å². The number of ether oxygens (including phenoxy) is 2. The largest absolute Gasteiger partial charge is 0.493 e. The summed E-state index contributed by atoms with van der Waals surface area (Å²) in [6.07, 6.45) is 0.